The van der Waals surface area contributed by atoms with Gasteiger partial charge in [0, 0.05) is 12.7 Å². The lowest BCUT2D eigenvalue weighted by Crippen LogP contribution is -2.29. The number of allylic oxidation sites excluding steroid dienone is 2. The van der Waals surface area contributed by atoms with Gasteiger partial charge in [-0.25, -0.2) is 4.79 Å². The van der Waals surface area contributed by atoms with Crippen LogP contribution >= 0.6 is 39.6 Å². The number of nitrogens with zero attached hydrogens (tertiary/aromatic N) is 1. The number of nitrogens with one attached hydrogen (secondary N) is 1. The molecule has 0 aliphatic carbocycles. The molecule has 0 bridgehead atoms. The fraction of sp³-hybridized carbons (Fsp3) is 0.400. The maximum atomic E-state index is 12.2. The molecule has 0 amide bonds. The Morgan fingerprint density at radius 3 is 2.35 bits per heavy atom. The summed E-state index contributed by atoms with van der Waals surface area (Å²) in [5.41, 5.74) is -1.15. The summed E-state index contributed by atoms with van der Waals surface area (Å²) in [5.74, 6) is 0. The molecule has 1 aromatic rings. The smallest absolute Gasteiger partial charge is 0.296 e. The molecular formula is C10H14BrN2O7P3+2. The minimum Gasteiger partial charge on any atom is -0.296 e. The highest BCUT2D eigenvalue weighted by atomic mass is 79.9. The number of aromatic amines is 1. The SMILES string of the molecule is C[P+](=O)OP(=O)(C/C=C/Cn1cc(Br)c(=O)[nH]c1=O)O[P+](C)=O. The zero-order chi connectivity index (χ0) is 17.6. The highest BCUT2D eigenvalue weighted by Crippen LogP contribution is 2.59. The van der Waals surface area contributed by atoms with E-state index < -0.39 is 34.9 Å². The molecule has 0 saturated carbocycles. The first-order valence-corrected chi connectivity index (χ1v) is 11.8. The Morgan fingerprint density at radius 1 is 1.26 bits per heavy atom. The van der Waals surface area contributed by atoms with Crippen LogP contribution in [0.5, 0.6) is 0 Å². The molecule has 0 aliphatic rings. The molecule has 0 fully saturated rings. The van der Waals surface area contributed by atoms with Gasteiger partial charge >= 0.3 is 29.3 Å². The van der Waals surface area contributed by atoms with Crippen molar-refractivity contribution in [2.45, 2.75) is 6.54 Å². The van der Waals surface area contributed by atoms with E-state index in [1.54, 1.807) is 0 Å². The zero-order valence-corrected chi connectivity index (χ0v) is 16.4. The van der Waals surface area contributed by atoms with Gasteiger partial charge in [0.2, 0.25) is 0 Å². The lowest BCUT2D eigenvalue weighted by Gasteiger charge is -2.03. The van der Waals surface area contributed by atoms with Gasteiger partial charge in [0.25, 0.3) is 5.56 Å². The fourth-order valence-electron chi connectivity index (χ4n) is 1.44. The van der Waals surface area contributed by atoms with Gasteiger partial charge in [-0.1, -0.05) is 20.8 Å². The van der Waals surface area contributed by atoms with Crippen LogP contribution in [-0.2, 0) is 28.9 Å². The van der Waals surface area contributed by atoms with E-state index in [1.165, 1.54) is 36.2 Å². The number of H-pyrrole nitrogens is 1. The molecule has 1 N–H and O–H groups in total. The molecule has 126 valence electrons. The number of halogens is 1. The maximum absolute atomic E-state index is 12.2. The van der Waals surface area contributed by atoms with Gasteiger partial charge in [-0.2, -0.15) is 0 Å². The Hall–Kier alpha value is -0.750. The van der Waals surface area contributed by atoms with E-state index in [0.29, 0.717) is 0 Å². The molecule has 1 aromatic heterocycles. The predicted molar refractivity (Wildman–Crippen MR) is 89.9 cm³/mol. The van der Waals surface area contributed by atoms with Gasteiger partial charge in [-0.15, -0.1) is 0 Å². The highest BCUT2D eigenvalue weighted by Gasteiger charge is 2.39. The van der Waals surface area contributed by atoms with Gasteiger partial charge in [-0.3, -0.25) is 18.9 Å². The molecule has 0 saturated heterocycles. The van der Waals surface area contributed by atoms with Gasteiger partial charge < -0.3 is 0 Å². The Kier molecular flexibility index (Phi) is 7.87. The lowest BCUT2D eigenvalue weighted by atomic mass is 10.5. The Bertz CT molecular complexity index is 780. The van der Waals surface area contributed by atoms with E-state index in [-0.39, 0.29) is 17.2 Å². The summed E-state index contributed by atoms with van der Waals surface area (Å²) in [4.78, 5) is 24.9. The minimum absolute atomic E-state index is 0.0880. The Balaban J connectivity index is 2.80. The summed E-state index contributed by atoms with van der Waals surface area (Å²) in [6.45, 7) is 2.50. The van der Waals surface area contributed by atoms with E-state index in [4.69, 9.17) is 8.62 Å². The van der Waals surface area contributed by atoms with Crippen LogP contribution in [0.25, 0.3) is 0 Å². The quantitative estimate of drug-likeness (QED) is 0.480. The zero-order valence-electron chi connectivity index (χ0n) is 12.2. The summed E-state index contributed by atoms with van der Waals surface area (Å²) in [7, 11) is -8.19. The first kappa shape index (κ1) is 20.3. The van der Waals surface area contributed by atoms with Crippen molar-refractivity contribution in [3.05, 3.63) is 43.7 Å². The van der Waals surface area contributed by atoms with Crippen LogP contribution in [0.2, 0.25) is 0 Å². The van der Waals surface area contributed by atoms with E-state index in [2.05, 4.69) is 20.9 Å². The third kappa shape index (κ3) is 7.12. The molecule has 23 heavy (non-hydrogen) atoms. The van der Waals surface area contributed by atoms with Crippen LogP contribution in [0.1, 0.15) is 0 Å². The van der Waals surface area contributed by atoms with Crippen molar-refractivity contribution in [3.63, 3.8) is 0 Å². The molecule has 1 heterocycles. The van der Waals surface area contributed by atoms with Crippen molar-refractivity contribution in [2.75, 3.05) is 19.5 Å². The molecular weight excluding hydrogens is 433 g/mol. The van der Waals surface area contributed by atoms with E-state index in [0.717, 1.165) is 0 Å². The maximum Gasteiger partial charge on any atom is 0.513 e. The lowest BCUT2D eigenvalue weighted by molar-refractivity contribution is 0.397. The number of aromatic nitrogens is 2. The van der Waals surface area contributed by atoms with Crippen LogP contribution in [0.4, 0.5) is 0 Å². The topological polar surface area (TPSA) is 125 Å². The van der Waals surface area contributed by atoms with Crippen LogP contribution in [0, 0.1) is 0 Å². The molecule has 0 aromatic carbocycles. The van der Waals surface area contributed by atoms with Crippen molar-refractivity contribution >= 4 is 39.6 Å². The summed E-state index contributed by atoms with van der Waals surface area (Å²) in [5, 5.41) is 0. The Morgan fingerprint density at radius 2 is 1.83 bits per heavy atom. The normalized spacial score (nSPS) is 15.4. The molecule has 9 nitrogen and oxygen atoms in total. The summed E-state index contributed by atoms with van der Waals surface area (Å²) < 4.78 is 45.3. The van der Waals surface area contributed by atoms with Crippen molar-refractivity contribution < 1.29 is 22.3 Å². The standard InChI is InChI=1S/C10H13BrN2O7P3/c1-21(16)19-23(18,20-22(2)17)6-4-3-5-13-7-8(11)9(14)12-10(13)15/h3-4,7H,5-6H2,1-2H3/q+1/p+1/b4-3+. The summed E-state index contributed by atoms with van der Waals surface area (Å²) >= 11 is 3.00. The highest BCUT2D eigenvalue weighted by molar-refractivity contribution is 9.10. The fourth-order valence-corrected chi connectivity index (χ4v) is 5.92. The molecule has 13 heteroatoms. The Labute approximate surface area is 141 Å². The molecule has 0 radical (unpaired) electrons. The summed E-state index contributed by atoms with van der Waals surface area (Å²) in [6, 6.07) is 0. The molecule has 0 spiro atoms. The van der Waals surface area contributed by atoms with E-state index in [9.17, 15) is 23.3 Å². The minimum atomic E-state index is -3.79. The van der Waals surface area contributed by atoms with Crippen molar-refractivity contribution in [1.29, 1.82) is 0 Å². The van der Waals surface area contributed by atoms with Gasteiger partial charge in [0.15, 0.2) is 13.3 Å². The van der Waals surface area contributed by atoms with Crippen molar-refractivity contribution in [2.24, 2.45) is 0 Å². The average Bonchev–Trinajstić information content (AvgIpc) is 2.38. The first-order chi connectivity index (χ1) is 10.6. The second-order valence-corrected chi connectivity index (χ2v) is 9.70. The number of hydrogen-bond acceptors (Lipinski definition) is 7. The number of rotatable bonds is 8. The van der Waals surface area contributed by atoms with Crippen molar-refractivity contribution in [3.8, 4) is 0 Å². The van der Waals surface area contributed by atoms with Crippen LogP contribution < -0.4 is 11.2 Å². The van der Waals surface area contributed by atoms with E-state index in [1.807, 2.05) is 0 Å². The van der Waals surface area contributed by atoms with Crippen LogP contribution in [0.3, 0.4) is 0 Å². The van der Waals surface area contributed by atoms with Gasteiger partial charge in [0.05, 0.1) is 10.6 Å². The third-order valence-electron chi connectivity index (χ3n) is 2.24. The summed E-state index contributed by atoms with van der Waals surface area (Å²) in [6.07, 6.45) is 3.93. The monoisotopic (exact) mass is 446 g/mol. The first-order valence-electron chi connectivity index (χ1n) is 6.07. The molecule has 2 unspecified atom stereocenters. The molecule has 1 rings (SSSR count). The van der Waals surface area contributed by atoms with Gasteiger partial charge in [0.1, 0.15) is 0 Å². The predicted octanol–water partition coefficient (Wildman–Crippen LogP) is 2.83. The number of hydrogen-bond donors (Lipinski definition) is 1. The molecule has 2 atom stereocenters. The van der Waals surface area contributed by atoms with Crippen molar-refractivity contribution in [1.82, 2.24) is 9.55 Å². The van der Waals surface area contributed by atoms with Gasteiger partial charge in [-0.05, 0) is 25.1 Å². The second-order valence-electron chi connectivity index (χ2n) is 4.20. The van der Waals surface area contributed by atoms with E-state index >= 15 is 0 Å². The van der Waals surface area contributed by atoms with Crippen LogP contribution in [0.15, 0.2) is 32.4 Å². The average molecular weight is 447 g/mol. The molecule has 0 aliphatic heterocycles. The third-order valence-corrected chi connectivity index (χ3v) is 7.30. The van der Waals surface area contributed by atoms with Crippen LogP contribution in [-0.4, -0.2) is 29.0 Å². The largest absolute Gasteiger partial charge is 0.513 e. The second kappa shape index (κ2) is 8.92.